The summed E-state index contributed by atoms with van der Waals surface area (Å²) < 4.78 is 5.46. The second kappa shape index (κ2) is 7.06. The highest BCUT2D eigenvalue weighted by Crippen LogP contribution is 2.29. The van der Waals surface area contributed by atoms with E-state index in [0.29, 0.717) is 0 Å². The number of hydrogen-bond donors (Lipinski definition) is 1. The minimum Gasteiger partial charge on any atom is -0.496 e. The van der Waals surface area contributed by atoms with Crippen molar-refractivity contribution < 1.29 is 4.74 Å². The summed E-state index contributed by atoms with van der Waals surface area (Å²) in [7, 11) is 1.72. The molecular weight excluding hydrogens is 248 g/mol. The summed E-state index contributed by atoms with van der Waals surface area (Å²) in [6.45, 7) is 4.34. The molecule has 1 aromatic carbocycles. The van der Waals surface area contributed by atoms with Crippen LogP contribution in [0.2, 0.25) is 0 Å². The van der Waals surface area contributed by atoms with Crippen molar-refractivity contribution in [1.82, 2.24) is 10.3 Å². The molecule has 0 spiro atoms. The molecule has 0 bridgehead atoms. The molecule has 20 heavy (non-hydrogen) atoms. The molecule has 106 valence electrons. The van der Waals surface area contributed by atoms with Gasteiger partial charge in [0.1, 0.15) is 5.75 Å². The first-order valence-corrected chi connectivity index (χ1v) is 7.05. The molecule has 3 nitrogen and oxygen atoms in total. The molecule has 0 aliphatic heterocycles. The minimum absolute atomic E-state index is 0.249. The van der Waals surface area contributed by atoms with E-state index in [-0.39, 0.29) is 12.1 Å². The SMILES string of the molecule is CCC(N[C@H](C)c1cccnc1)c1ccccc1OC. The fraction of sp³-hybridized carbons (Fsp3) is 0.353. The highest BCUT2D eigenvalue weighted by Gasteiger charge is 2.16. The third kappa shape index (κ3) is 3.36. The Morgan fingerprint density at radius 3 is 2.65 bits per heavy atom. The van der Waals surface area contributed by atoms with Crippen molar-refractivity contribution in [2.45, 2.75) is 32.4 Å². The lowest BCUT2D eigenvalue weighted by molar-refractivity contribution is 0.388. The lowest BCUT2D eigenvalue weighted by atomic mass is 10.0. The summed E-state index contributed by atoms with van der Waals surface area (Å²) in [5.41, 5.74) is 2.40. The minimum atomic E-state index is 0.249. The van der Waals surface area contributed by atoms with E-state index in [1.165, 1.54) is 11.1 Å². The number of para-hydroxylation sites is 1. The molecule has 2 atom stereocenters. The lowest BCUT2D eigenvalue weighted by Gasteiger charge is -2.24. The standard InChI is InChI=1S/C17H22N2O/c1-4-16(15-9-5-6-10-17(15)20-3)19-13(2)14-8-7-11-18-12-14/h5-13,16,19H,4H2,1-3H3/t13-,16?/m1/s1. The van der Waals surface area contributed by atoms with Crippen LogP contribution in [-0.2, 0) is 0 Å². The molecule has 0 radical (unpaired) electrons. The van der Waals surface area contributed by atoms with Gasteiger partial charge in [-0.2, -0.15) is 0 Å². The van der Waals surface area contributed by atoms with Crippen LogP contribution in [0.15, 0.2) is 48.8 Å². The number of nitrogens with one attached hydrogen (secondary N) is 1. The van der Waals surface area contributed by atoms with Crippen LogP contribution in [0.3, 0.4) is 0 Å². The van der Waals surface area contributed by atoms with Gasteiger partial charge in [0, 0.05) is 30.0 Å². The largest absolute Gasteiger partial charge is 0.496 e. The van der Waals surface area contributed by atoms with E-state index in [4.69, 9.17) is 4.74 Å². The van der Waals surface area contributed by atoms with Crippen LogP contribution in [0.1, 0.15) is 43.5 Å². The van der Waals surface area contributed by atoms with Crippen molar-refractivity contribution >= 4 is 0 Å². The molecule has 0 amide bonds. The second-order valence-electron chi connectivity index (χ2n) is 4.88. The summed E-state index contributed by atoms with van der Waals surface area (Å²) in [6.07, 6.45) is 4.71. The van der Waals surface area contributed by atoms with Gasteiger partial charge in [0.05, 0.1) is 7.11 Å². The third-order valence-corrected chi connectivity index (χ3v) is 3.56. The predicted molar refractivity (Wildman–Crippen MR) is 81.8 cm³/mol. The van der Waals surface area contributed by atoms with Crippen molar-refractivity contribution in [2.24, 2.45) is 0 Å². The topological polar surface area (TPSA) is 34.2 Å². The molecule has 3 heteroatoms. The zero-order valence-corrected chi connectivity index (χ0v) is 12.3. The Labute approximate surface area is 121 Å². The highest BCUT2D eigenvalue weighted by atomic mass is 16.5. The fourth-order valence-electron chi connectivity index (χ4n) is 2.41. The van der Waals surface area contributed by atoms with Crippen LogP contribution < -0.4 is 10.1 Å². The molecule has 0 saturated heterocycles. The number of methoxy groups -OCH3 is 1. The first-order chi connectivity index (χ1) is 9.76. The van der Waals surface area contributed by atoms with Crippen LogP contribution in [0.4, 0.5) is 0 Å². The first-order valence-electron chi connectivity index (χ1n) is 7.05. The van der Waals surface area contributed by atoms with E-state index >= 15 is 0 Å². The fourth-order valence-corrected chi connectivity index (χ4v) is 2.41. The molecular formula is C17H22N2O. The summed E-state index contributed by atoms with van der Waals surface area (Å²) in [6, 6.07) is 12.8. The zero-order chi connectivity index (χ0) is 14.4. The van der Waals surface area contributed by atoms with Crippen LogP contribution >= 0.6 is 0 Å². The van der Waals surface area contributed by atoms with Crippen LogP contribution in [-0.4, -0.2) is 12.1 Å². The molecule has 1 aromatic heterocycles. The molecule has 1 N–H and O–H groups in total. The van der Waals surface area contributed by atoms with Crippen molar-refractivity contribution in [3.63, 3.8) is 0 Å². The monoisotopic (exact) mass is 270 g/mol. The number of hydrogen-bond acceptors (Lipinski definition) is 3. The summed E-state index contributed by atoms with van der Waals surface area (Å²) in [5, 5.41) is 3.65. The van der Waals surface area contributed by atoms with E-state index in [0.717, 1.165) is 12.2 Å². The number of aromatic nitrogens is 1. The molecule has 1 heterocycles. The van der Waals surface area contributed by atoms with Gasteiger partial charge in [-0.05, 0) is 31.0 Å². The van der Waals surface area contributed by atoms with E-state index in [2.05, 4.69) is 42.3 Å². The van der Waals surface area contributed by atoms with Crippen molar-refractivity contribution in [3.8, 4) is 5.75 Å². The van der Waals surface area contributed by atoms with Gasteiger partial charge in [0.2, 0.25) is 0 Å². The molecule has 0 fully saturated rings. The van der Waals surface area contributed by atoms with E-state index < -0.39 is 0 Å². The van der Waals surface area contributed by atoms with Crippen LogP contribution in [0.25, 0.3) is 0 Å². The van der Waals surface area contributed by atoms with Crippen molar-refractivity contribution in [2.75, 3.05) is 7.11 Å². The Balaban J connectivity index is 2.17. The molecule has 0 aliphatic rings. The molecule has 2 aromatic rings. The quantitative estimate of drug-likeness (QED) is 0.864. The van der Waals surface area contributed by atoms with Crippen LogP contribution in [0.5, 0.6) is 5.75 Å². The Kier molecular flexibility index (Phi) is 5.13. The van der Waals surface area contributed by atoms with E-state index in [9.17, 15) is 0 Å². The number of nitrogens with zero attached hydrogens (tertiary/aromatic N) is 1. The van der Waals surface area contributed by atoms with Gasteiger partial charge in [-0.3, -0.25) is 4.98 Å². The Bertz CT molecular complexity index is 528. The number of rotatable bonds is 6. The van der Waals surface area contributed by atoms with Gasteiger partial charge in [-0.1, -0.05) is 31.2 Å². The molecule has 0 aliphatic carbocycles. The van der Waals surface area contributed by atoms with Crippen LogP contribution in [0, 0.1) is 0 Å². The second-order valence-corrected chi connectivity index (χ2v) is 4.88. The third-order valence-electron chi connectivity index (χ3n) is 3.56. The molecule has 1 unspecified atom stereocenters. The Morgan fingerprint density at radius 1 is 1.20 bits per heavy atom. The maximum Gasteiger partial charge on any atom is 0.123 e. The molecule has 0 saturated carbocycles. The summed E-state index contributed by atoms with van der Waals surface area (Å²) >= 11 is 0. The molecule has 2 rings (SSSR count). The predicted octanol–water partition coefficient (Wildman–Crippen LogP) is 3.89. The first kappa shape index (κ1) is 14.5. The lowest BCUT2D eigenvalue weighted by Crippen LogP contribution is -2.24. The maximum atomic E-state index is 5.46. The normalized spacial score (nSPS) is 13.8. The zero-order valence-electron chi connectivity index (χ0n) is 12.3. The smallest absolute Gasteiger partial charge is 0.123 e. The Morgan fingerprint density at radius 2 is 2.00 bits per heavy atom. The summed E-state index contributed by atoms with van der Waals surface area (Å²) in [5.74, 6) is 0.935. The van der Waals surface area contributed by atoms with E-state index in [1.54, 1.807) is 13.3 Å². The van der Waals surface area contributed by atoms with Gasteiger partial charge >= 0.3 is 0 Å². The highest BCUT2D eigenvalue weighted by molar-refractivity contribution is 5.36. The Hall–Kier alpha value is -1.87. The van der Waals surface area contributed by atoms with Gasteiger partial charge in [0.15, 0.2) is 0 Å². The van der Waals surface area contributed by atoms with E-state index in [1.807, 2.05) is 24.4 Å². The van der Waals surface area contributed by atoms with Gasteiger partial charge in [-0.15, -0.1) is 0 Å². The van der Waals surface area contributed by atoms with Crippen molar-refractivity contribution in [3.05, 3.63) is 59.9 Å². The average molecular weight is 270 g/mol. The summed E-state index contributed by atoms with van der Waals surface area (Å²) in [4.78, 5) is 4.18. The number of ether oxygens (including phenoxy) is 1. The number of benzene rings is 1. The van der Waals surface area contributed by atoms with Gasteiger partial charge < -0.3 is 10.1 Å². The van der Waals surface area contributed by atoms with Gasteiger partial charge in [-0.25, -0.2) is 0 Å². The van der Waals surface area contributed by atoms with Crippen molar-refractivity contribution in [1.29, 1.82) is 0 Å². The maximum absolute atomic E-state index is 5.46. The van der Waals surface area contributed by atoms with Gasteiger partial charge in [0.25, 0.3) is 0 Å². The average Bonchev–Trinajstić information content (AvgIpc) is 2.53. The number of pyridine rings is 1.